The Morgan fingerprint density at radius 3 is 2.90 bits per heavy atom. The van der Waals surface area contributed by atoms with Crippen molar-refractivity contribution in [2.24, 2.45) is 0 Å². The van der Waals surface area contributed by atoms with Gasteiger partial charge in [0.15, 0.2) is 0 Å². The number of aromatic amines is 1. The predicted octanol–water partition coefficient (Wildman–Crippen LogP) is 2.13. The third-order valence-electron chi connectivity index (χ3n) is 3.33. The summed E-state index contributed by atoms with van der Waals surface area (Å²) < 4.78 is 0. The smallest absolute Gasteiger partial charge is 0.315 e. The maximum Gasteiger partial charge on any atom is 0.315 e. The van der Waals surface area contributed by atoms with E-state index >= 15 is 0 Å². The molecule has 1 unspecified atom stereocenters. The zero-order valence-corrected chi connectivity index (χ0v) is 11.6. The van der Waals surface area contributed by atoms with Crippen molar-refractivity contribution in [1.29, 1.82) is 0 Å². The van der Waals surface area contributed by atoms with Crippen molar-refractivity contribution in [1.82, 2.24) is 15.6 Å². The van der Waals surface area contributed by atoms with Gasteiger partial charge in [-0.25, -0.2) is 4.79 Å². The van der Waals surface area contributed by atoms with Crippen molar-refractivity contribution < 1.29 is 9.90 Å². The highest BCUT2D eigenvalue weighted by Crippen LogP contribution is 2.14. The van der Waals surface area contributed by atoms with Gasteiger partial charge in [0.2, 0.25) is 0 Å². The molecule has 0 spiro atoms. The molecule has 0 saturated carbocycles. The van der Waals surface area contributed by atoms with E-state index in [1.165, 1.54) is 0 Å². The molecule has 5 heteroatoms. The van der Waals surface area contributed by atoms with Gasteiger partial charge in [-0.05, 0) is 30.4 Å². The molecule has 0 bridgehead atoms. The van der Waals surface area contributed by atoms with Crippen LogP contribution in [0.5, 0.6) is 0 Å². The number of hydrogen-bond acceptors (Lipinski definition) is 2. The van der Waals surface area contributed by atoms with E-state index in [1.807, 2.05) is 37.3 Å². The first-order valence-electron chi connectivity index (χ1n) is 6.94. The van der Waals surface area contributed by atoms with E-state index < -0.39 is 0 Å². The summed E-state index contributed by atoms with van der Waals surface area (Å²) in [5.74, 6) is 0. The number of urea groups is 1. The monoisotopic (exact) mass is 275 g/mol. The van der Waals surface area contributed by atoms with Crippen LogP contribution in [0.25, 0.3) is 10.9 Å². The highest BCUT2D eigenvalue weighted by molar-refractivity contribution is 5.80. The number of carbonyl (C=O) groups excluding carboxylic acids is 1. The van der Waals surface area contributed by atoms with Crippen LogP contribution in [0, 0.1) is 0 Å². The van der Waals surface area contributed by atoms with E-state index in [-0.39, 0.29) is 18.7 Å². The zero-order chi connectivity index (χ0) is 14.4. The zero-order valence-electron chi connectivity index (χ0n) is 11.6. The lowest BCUT2D eigenvalue weighted by Gasteiger charge is -2.15. The summed E-state index contributed by atoms with van der Waals surface area (Å²) in [5, 5.41) is 15.7. The molecule has 1 aromatic heterocycles. The first-order chi connectivity index (χ1) is 9.72. The summed E-state index contributed by atoms with van der Waals surface area (Å²) in [4.78, 5) is 15.0. The molecule has 2 rings (SSSR count). The lowest BCUT2D eigenvalue weighted by atomic mass is 10.2. The number of aromatic nitrogens is 1. The quantitative estimate of drug-likeness (QED) is 0.652. The van der Waals surface area contributed by atoms with Crippen molar-refractivity contribution in [3.8, 4) is 0 Å². The highest BCUT2D eigenvalue weighted by Gasteiger charge is 2.09. The van der Waals surface area contributed by atoms with Gasteiger partial charge in [0.25, 0.3) is 0 Å². The van der Waals surface area contributed by atoms with Gasteiger partial charge in [0.05, 0.1) is 6.54 Å². The first-order valence-corrected chi connectivity index (χ1v) is 6.94. The topological polar surface area (TPSA) is 77.2 Å². The molecule has 0 aliphatic rings. The molecular formula is C15H21N3O2. The molecule has 108 valence electrons. The average Bonchev–Trinajstić information content (AvgIpc) is 2.87. The van der Waals surface area contributed by atoms with E-state index in [1.54, 1.807) is 0 Å². The van der Waals surface area contributed by atoms with Gasteiger partial charge in [0, 0.05) is 23.9 Å². The van der Waals surface area contributed by atoms with Crippen LogP contribution in [0.15, 0.2) is 30.3 Å². The Hall–Kier alpha value is -2.01. The fourth-order valence-electron chi connectivity index (χ4n) is 2.17. The van der Waals surface area contributed by atoms with Gasteiger partial charge in [-0.2, -0.15) is 0 Å². The Kier molecular flexibility index (Phi) is 5.01. The fraction of sp³-hybridized carbons (Fsp3) is 0.400. The molecule has 2 aromatic rings. The number of para-hydroxylation sites is 1. The number of benzene rings is 1. The summed E-state index contributed by atoms with van der Waals surface area (Å²) in [6.45, 7) is 2.52. The van der Waals surface area contributed by atoms with E-state index in [4.69, 9.17) is 5.11 Å². The van der Waals surface area contributed by atoms with Crippen molar-refractivity contribution in [2.45, 2.75) is 32.4 Å². The molecule has 20 heavy (non-hydrogen) atoms. The SMILES string of the molecule is CCC(CCO)NC(=O)NCc1cc2ccccc2[nH]1. The van der Waals surface area contributed by atoms with Crippen molar-refractivity contribution in [3.63, 3.8) is 0 Å². The van der Waals surface area contributed by atoms with Crippen LogP contribution in [-0.2, 0) is 6.54 Å². The molecule has 2 amide bonds. The molecule has 0 aliphatic carbocycles. The Morgan fingerprint density at radius 1 is 1.40 bits per heavy atom. The van der Waals surface area contributed by atoms with Gasteiger partial charge in [-0.1, -0.05) is 25.1 Å². The molecule has 1 atom stereocenters. The van der Waals surface area contributed by atoms with Gasteiger partial charge >= 0.3 is 6.03 Å². The molecule has 0 radical (unpaired) electrons. The van der Waals surface area contributed by atoms with E-state index in [2.05, 4.69) is 15.6 Å². The summed E-state index contributed by atoms with van der Waals surface area (Å²) in [6, 6.07) is 9.84. The minimum atomic E-state index is -0.205. The van der Waals surface area contributed by atoms with E-state index in [0.29, 0.717) is 13.0 Å². The maximum atomic E-state index is 11.8. The number of nitrogens with one attached hydrogen (secondary N) is 3. The number of amides is 2. The molecule has 0 aliphatic heterocycles. The highest BCUT2D eigenvalue weighted by atomic mass is 16.3. The van der Waals surface area contributed by atoms with E-state index in [9.17, 15) is 4.79 Å². The van der Waals surface area contributed by atoms with Gasteiger partial charge < -0.3 is 20.7 Å². The second-order valence-electron chi connectivity index (χ2n) is 4.83. The minimum absolute atomic E-state index is 0.0164. The third-order valence-corrected chi connectivity index (χ3v) is 3.33. The second-order valence-corrected chi connectivity index (χ2v) is 4.83. The van der Waals surface area contributed by atoms with Gasteiger partial charge in [-0.3, -0.25) is 0 Å². The largest absolute Gasteiger partial charge is 0.396 e. The number of aliphatic hydroxyl groups excluding tert-OH is 1. The number of rotatable bonds is 6. The Bertz CT molecular complexity index is 532. The lowest BCUT2D eigenvalue weighted by Crippen LogP contribution is -2.41. The molecule has 0 saturated heterocycles. The van der Waals surface area contributed by atoms with Crippen LogP contribution in [0.4, 0.5) is 4.79 Å². The number of aliphatic hydroxyl groups is 1. The number of hydrogen-bond donors (Lipinski definition) is 4. The van der Waals surface area contributed by atoms with Crippen molar-refractivity contribution >= 4 is 16.9 Å². The fourth-order valence-corrected chi connectivity index (χ4v) is 2.17. The second kappa shape index (κ2) is 6.96. The molecule has 0 fully saturated rings. The average molecular weight is 275 g/mol. The summed E-state index contributed by atoms with van der Waals surface area (Å²) in [7, 11) is 0. The predicted molar refractivity (Wildman–Crippen MR) is 79.5 cm³/mol. The normalized spacial score (nSPS) is 12.3. The van der Waals surface area contributed by atoms with Crippen LogP contribution in [0.3, 0.4) is 0 Å². The first kappa shape index (κ1) is 14.4. The standard InChI is InChI=1S/C15H21N3O2/c1-2-12(7-8-19)18-15(20)16-10-13-9-11-5-3-4-6-14(11)17-13/h3-6,9,12,17,19H,2,7-8,10H2,1H3,(H2,16,18,20). The van der Waals surface area contributed by atoms with Crippen molar-refractivity contribution in [2.75, 3.05) is 6.61 Å². The van der Waals surface area contributed by atoms with E-state index in [0.717, 1.165) is 23.0 Å². The Labute approximate surface area is 118 Å². The summed E-state index contributed by atoms with van der Waals surface area (Å²) in [5.41, 5.74) is 2.04. The molecule has 5 nitrogen and oxygen atoms in total. The number of carbonyl (C=O) groups is 1. The minimum Gasteiger partial charge on any atom is -0.396 e. The molecule has 4 N–H and O–H groups in total. The summed E-state index contributed by atoms with van der Waals surface area (Å²) in [6.07, 6.45) is 1.39. The van der Waals surface area contributed by atoms with Crippen LogP contribution < -0.4 is 10.6 Å². The summed E-state index contributed by atoms with van der Waals surface area (Å²) >= 11 is 0. The number of H-pyrrole nitrogens is 1. The van der Waals surface area contributed by atoms with Gasteiger partial charge in [0.1, 0.15) is 0 Å². The Morgan fingerprint density at radius 2 is 2.20 bits per heavy atom. The maximum absolute atomic E-state index is 11.8. The molecule has 1 heterocycles. The molecule has 1 aromatic carbocycles. The molecular weight excluding hydrogens is 254 g/mol. The van der Waals surface area contributed by atoms with Crippen LogP contribution in [-0.4, -0.2) is 28.8 Å². The number of fused-ring (bicyclic) bond motifs is 1. The third kappa shape index (κ3) is 3.74. The van der Waals surface area contributed by atoms with Gasteiger partial charge in [-0.15, -0.1) is 0 Å². The Balaban J connectivity index is 1.86. The van der Waals surface area contributed by atoms with Crippen molar-refractivity contribution in [3.05, 3.63) is 36.0 Å². The van der Waals surface area contributed by atoms with Crippen LogP contribution in [0.1, 0.15) is 25.5 Å². The van der Waals surface area contributed by atoms with Crippen LogP contribution >= 0.6 is 0 Å². The lowest BCUT2D eigenvalue weighted by molar-refractivity contribution is 0.227. The van der Waals surface area contributed by atoms with Crippen LogP contribution in [0.2, 0.25) is 0 Å².